The molecule has 0 amide bonds. The van der Waals surface area contributed by atoms with Gasteiger partial charge in [0.15, 0.2) is 5.78 Å². The van der Waals surface area contributed by atoms with Crippen molar-refractivity contribution < 1.29 is 14.7 Å². The molecule has 0 spiro atoms. The first kappa shape index (κ1) is 16.9. The fourth-order valence-corrected chi connectivity index (χ4v) is 4.02. The van der Waals surface area contributed by atoms with Gasteiger partial charge < -0.3 is 10.0 Å². The average Bonchev–Trinajstić information content (AvgIpc) is 3.00. The number of nitrogens with zero attached hydrogens (tertiary/aromatic N) is 2. The van der Waals surface area contributed by atoms with E-state index in [9.17, 15) is 4.79 Å². The molecule has 3 fully saturated rings. The van der Waals surface area contributed by atoms with Gasteiger partial charge >= 0.3 is 0 Å². The number of carbonyl (C=O) groups is 2. The van der Waals surface area contributed by atoms with Gasteiger partial charge in [0.2, 0.25) is 0 Å². The van der Waals surface area contributed by atoms with Crippen LogP contribution in [0.3, 0.4) is 0 Å². The number of nitrogens with one attached hydrogen (secondary N) is 1. The highest BCUT2D eigenvalue weighted by atomic mass is 35.5. The van der Waals surface area contributed by atoms with E-state index < -0.39 is 0 Å². The van der Waals surface area contributed by atoms with E-state index >= 15 is 0 Å². The second-order valence-electron chi connectivity index (χ2n) is 6.39. The van der Waals surface area contributed by atoms with Crippen LogP contribution in [0.1, 0.15) is 29.8 Å². The Morgan fingerprint density at radius 3 is 2.75 bits per heavy atom. The molecule has 0 aliphatic carbocycles. The van der Waals surface area contributed by atoms with Crippen LogP contribution in [0.15, 0.2) is 18.2 Å². The monoisotopic (exact) mass is 349 g/mol. The summed E-state index contributed by atoms with van der Waals surface area (Å²) in [5, 5.41) is 15.5. The van der Waals surface area contributed by atoms with E-state index in [-0.39, 0.29) is 12.3 Å². The Kier molecular flexibility index (Phi) is 5.16. The number of hydrogen-bond donors (Lipinski definition) is 2. The number of Topliss-reactive ketones (excluding diaryl/α,β-unsaturated/α-hetero) is 1. The maximum Gasteiger partial charge on any atom is 0.290 e. The molecule has 6 nitrogen and oxygen atoms in total. The molecule has 3 saturated heterocycles. The van der Waals surface area contributed by atoms with E-state index in [0.29, 0.717) is 29.0 Å². The van der Waals surface area contributed by atoms with Gasteiger partial charge in [-0.2, -0.15) is 5.10 Å². The lowest BCUT2D eigenvalue weighted by Crippen LogP contribution is -2.47. The molecule has 3 aliphatic heterocycles. The molecule has 1 aromatic carbocycles. The van der Waals surface area contributed by atoms with Crippen molar-refractivity contribution in [3.63, 3.8) is 0 Å². The number of carbonyl (C=O) groups excluding carboxylic acids is 1. The van der Waals surface area contributed by atoms with E-state index in [1.165, 1.54) is 25.9 Å². The summed E-state index contributed by atoms with van der Waals surface area (Å²) in [4.78, 5) is 23.5. The Bertz CT molecular complexity index is 738. The van der Waals surface area contributed by atoms with Gasteiger partial charge in [-0.25, -0.2) is 0 Å². The lowest BCUT2D eigenvalue weighted by Gasteiger charge is -2.44. The Hall–Kier alpha value is -1.92. The summed E-state index contributed by atoms with van der Waals surface area (Å²) < 4.78 is 0. The topological polar surface area (TPSA) is 86.3 Å². The zero-order valence-electron chi connectivity index (χ0n) is 13.2. The minimum Gasteiger partial charge on any atom is -0.483 e. The first-order chi connectivity index (χ1) is 11.6. The second kappa shape index (κ2) is 7.32. The summed E-state index contributed by atoms with van der Waals surface area (Å²) >= 11 is 6.04. The maximum atomic E-state index is 12.6. The number of rotatable bonds is 3. The normalized spacial score (nSPS) is 25.1. The minimum absolute atomic E-state index is 0.141. The number of halogens is 1. The third-order valence-electron chi connectivity index (χ3n) is 5.03. The predicted octanol–water partition coefficient (Wildman–Crippen LogP) is 2.83. The molecule has 2 bridgehead atoms. The minimum atomic E-state index is -0.250. The van der Waals surface area contributed by atoms with Gasteiger partial charge in [0.05, 0.1) is 5.52 Å². The van der Waals surface area contributed by atoms with Gasteiger partial charge in [-0.1, -0.05) is 11.6 Å². The van der Waals surface area contributed by atoms with Gasteiger partial charge in [-0.15, -0.1) is 0 Å². The Morgan fingerprint density at radius 1 is 1.42 bits per heavy atom. The highest BCUT2D eigenvalue weighted by Gasteiger charge is 2.35. The Labute approximate surface area is 144 Å². The van der Waals surface area contributed by atoms with Crippen molar-refractivity contribution >= 4 is 34.8 Å². The van der Waals surface area contributed by atoms with Crippen LogP contribution in [-0.2, 0) is 4.79 Å². The van der Waals surface area contributed by atoms with Gasteiger partial charge in [0, 0.05) is 23.4 Å². The number of carboxylic acid groups (broad SMARTS) is 1. The van der Waals surface area contributed by atoms with E-state index in [1.54, 1.807) is 0 Å². The molecule has 0 saturated carbocycles. The average molecular weight is 350 g/mol. The van der Waals surface area contributed by atoms with Crippen LogP contribution in [0.2, 0.25) is 5.02 Å². The van der Waals surface area contributed by atoms with E-state index in [2.05, 4.69) is 15.1 Å². The predicted molar refractivity (Wildman–Crippen MR) is 91.4 cm³/mol. The van der Waals surface area contributed by atoms with Crippen LogP contribution in [0.5, 0.6) is 0 Å². The molecule has 4 heterocycles. The molecule has 24 heavy (non-hydrogen) atoms. The van der Waals surface area contributed by atoms with Crippen molar-refractivity contribution in [1.29, 1.82) is 0 Å². The fourth-order valence-electron chi connectivity index (χ4n) is 3.85. The number of fused-ring (bicyclic) bond motifs is 4. The standard InChI is InChI=1S/C16H18ClN3O.CH2O2/c17-12-1-2-14-13(8-12)16(19-18-14)15(21)7-11-9-20-5-3-10(11)4-6-20;2-1-3/h1-2,8,10-11H,3-7,9H2,(H,18,19);1H,(H,2,3)/t11-;/m0./s1. The Morgan fingerprint density at radius 2 is 2.12 bits per heavy atom. The van der Waals surface area contributed by atoms with E-state index in [4.69, 9.17) is 21.5 Å². The summed E-state index contributed by atoms with van der Waals surface area (Å²) in [5.41, 5.74) is 1.42. The van der Waals surface area contributed by atoms with Gasteiger partial charge in [0.1, 0.15) is 5.69 Å². The number of aromatic amines is 1. The van der Waals surface area contributed by atoms with Crippen molar-refractivity contribution in [2.45, 2.75) is 19.3 Å². The van der Waals surface area contributed by atoms with Crippen molar-refractivity contribution in [3.05, 3.63) is 28.9 Å². The van der Waals surface area contributed by atoms with Crippen molar-refractivity contribution in [3.8, 4) is 0 Å². The second-order valence-corrected chi connectivity index (χ2v) is 6.83. The third-order valence-corrected chi connectivity index (χ3v) is 5.26. The number of H-pyrrole nitrogens is 1. The van der Waals surface area contributed by atoms with Gasteiger partial charge in [-0.3, -0.25) is 14.7 Å². The molecular weight excluding hydrogens is 330 g/mol. The van der Waals surface area contributed by atoms with Crippen LogP contribution in [0.25, 0.3) is 10.9 Å². The molecule has 128 valence electrons. The van der Waals surface area contributed by atoms with Crippen molar-refractivity contribution in [2.75, 3.05) is 19.6 Å². The third kappa shape index (κ3) is 3.44. The number of ketones is 1. The van der Waals surface area contributed by atoms with E-state index in [0.717, 1.165) is 17.4 Å². The SMILES string of the molecule is O=C(C[C@H]1CN2CCC1CC2)c1n[nH]c2ccc(Cl)cc12.O=CO. The number of benzene rings is 1. The molecule has 7 heteroatoms. The fraction of sp³-hybridized carbons (Fsp3) is 0.471. The number of aromatic nitrogens is 2. The molecule has 1 aromatic heterocycles. The summed E-state index contributed by atoms with van der Waals surface area (Å²) in [7, 11) is 0. The summed E-state index contributed by atoms with van der Waals surface area (Å²) in [5.74, 6) is 1.35. The lowest BCUT2D eigenvalue weighted by molar-refractivity contribution is -0.122. The molecule has 1 atom stereocenters. The zero-order valence-corrected chi connectivity index (χ0v) is 14.0. The summed E-state index contributed by atoms with van der Waals surface area (Å²) in [6, 6.07) is 5.50. The first-order valence-electron chi connectivity index (χ1n) is 8.09. The van der Waals surface area contributed by atoms with Crippen LogP contribution in [0, 0.1) is 11.8 Å². The number of hydrogen-bond acceptors (Lipinski definition) is 4. The quantitative estimate of drug-likeness (QED) is 0.657. The largest absolute Gasteiger partial charge is 0.483 e. The van der Waals surface area contributed by atoms with Gasteiger partial charge in [0.25, 0.3) is 6.47 Å². The van der Waals surface area contributed by atoms with Gasteiger partial charge in [-0.05, 0) is 56.0 Å². The zero-order chi connectivity index (χ0) is 17.1. The van der Waals surface area contributed by atoms with E-state index in [1.807, 2.05) is 18.2 Å². The van der Waals surface area contributed by atoms with Crippen molar-refractivity contribution in [1.82, 2.24) is 15.1 Å². The molecule has 2 aromatic rings. The van der Waals surface area contributed by atoms with Crippen LogP contribution < -0.4 is 0 Å². The maximum absolute atomic E-state index is 12.6. The lowest BCUT2D eigenvalue weighted by atomic mass is 9.76. The molecule has 5 rings (SSSR count). The highest BCUT2D eigenvalue weighted by Crippen LogP contribution is 2.35. The molecule has 0 unspecified atom stereocenters. The van der Waals surface area contributed by atoms with Crippen LogP contribution >= 0.6 is 11.6 Å². The molecular formula is C17H20ClN3O3. The smallest absolute Gasteiger partial charge is 0.290 e. The Balaban J connectivity index is 0.000000526. The first-order valence-corrected chi connectivity index (χ1v) is 8.47. The molecule has 0 radical (unpaired) electrons. The highest BCUT2D eigenvalue weighted by molar-refractivity contribution is 6.31. The van der Waals surface area contributed by atoms with Crippen LogP contribution in [0.4, 0.5) is 0 Å². The molecule has 3 aliphatic rings. The summed E-state index contributed by atoms with van der Waals surface area (Å²) in [6.07, 6.45) is 3.09. The van der Waals surface area contributed by atoms with Crippen molar-refractivity contribution in [2.24, 2.45) is 11.8 Å². The van der Waals surface area contributed by atoms with Crippen LogP contribution in [-0.4, -0.2) is 52.1 Å². The number of piperidine rings is 3. The molecule has 2 N–H and O–H groups in total. The summed E-state index contributed by atoms with van der Waals surface area (Å²) in [6.45, 7) is 3.23.